The van der Waals surface area contributed by atoms with Gasteiger partial charge in [0.05, 0.1) is 0 Å². The molecule has 5 heteroatoms. The van der Waals surface area contributed by atoms with Gasteiger partial charge in [-0.3, -0.25) is 4.57 Å². The molecule has 0 fully saturated rings. The maximum absolute atomic E-state index is 6.10. The SMILES string of the molecule is COCCCCCn1c(Cl)nnc1-c1ccccc1. The third kappa shape index (κ3) is 3.78. The van der Waals surface area contributed by atoms with Gasteiger partial charge in [-0.15, -0.1) is 10.2 Å². The van der Waals surface area contributed by atoms with Crippen molar-refractivity contribution in [1.29, 1.82) is 0 Å². The Labute approximate surface area is 118 Å². The van der Waals surface area contributed by atoms with E-state index in [0.29, 0.717) is 5.28 Å². The Hall–Kier alpha value is -1.39. The average molecular weight is 280 g/mol. The third-order valence-electron chi connectivity index (χ3n) is 2.97. The van der Waals surface area contributed by atoms with E-state index in [2.05, 4.69) is 10.2 Å². The predicted octanol–water partition coefficient (Wildman–Crippen LogP) is 3.42. The first-order chi connectivity index (χ1) is 9.33. The lowest BCUT2D eigenvalue weighted by Gasteiger charge is -2.07. The molecule has 0 N–H and O–H groups in total. The normalized spacial score (nSPS) is 10.8. The molecule has 19 heavy (non-hydrogen) atoms. The Morgan fingerprint density at radius 2 is 1.89 bits per heavy atom. The van der Waals surface area contributed by atoms with E-state index in [1.807, 2.05) is 34.9 Å². The summed E-state index contributed by atoms with van der Waals surface area (Å²) >= 11 is 6.10. The van der Waals surface area contributed by atoms with Gasteiger partial charge >= 0.3 is 0 Å². The Kier molecular flexibility index (Phi) is 5.36. The standard InChI is InChI=1S/C14H18ClN3O/c1-19-11-7-3-6-10-18-13(16-17-14(18)15)12-8-4-2-5-9-12/h2,4-5,8-9H,3,6-7,10-11H2,1H3. The second-order valence-electron chi connectivity index (χ2n) is 4.36. The molecule has 0 radical (unpaired) electrons. The monoisotopic (exact) mass is 279 g/mol. The zero-order valence-electron chi connectivity index (χ0n) is 11.1. The highest BCUT2D eigenvalue weighted by molar-refractivity contribution is 6.28. The minimum atomic E-state index is 0.450. The Bertz CT molecular complexity index is 499. The molecule has 1 aromatic heterocycles. The van der Waals surface area contributed by atoms with Crippen molar-refractivity contribution in [3.05, 3.63) is 35.6 Å². The first-order valence-electron chi connectivity index (χ1n) is 6.46. The molecule has 0 atom stereocenters. The first-order valence-corrected chi connectivity index (χ1v) is 6.84. The van der Waals surface area contributed by atoms with Gasteiger partial charge in [0.25, 0.3) is 0 Å². The fourth-order valence-electron chi connectivity index (χ4n) is 1.98. The van der Waals surface area contributed by atoms with Crippen LogP contribution in [0.1, 0.15) is 19.3 Å². The molecule has 0 saturated heterocycles. The summed E-state index contributed by atoms with van der Waals surface area (Å²) in [5.41, 5.74) is 1.04. The summed E-state index contributed by atoms with van der Waals surface area (Å²) in [6, 6.07) is 9.99. The van der Waals surface area contributed by atoms with Crippen LogP contribution in [0.15, 0.2) is 30.3 Å². The summed E-state index contributed by atoms with van der Waals surface area (Å²) < 4.78 is 7.00. The summed E-state index contributed by atoms with van der Waals surface area (Å²) in [5.74, 6) is 0.831. The van der Waals surface area contributed by atoms with Gasteiger partial charge in [0.1, 0.15) is 0 Å². The number of methoxy groups -OCH3 is 1. The van der Waals surface area contributed by atoms with E-state index in [0.717, 1.165) is 43.8 Å². The van der Waals surface area contributed by atoms with Gasteiger partial charge < -0.3 is 4.74 Å². The number of nitrogens with zero attached hydrogens (tertiary/aromatic N) is 3. The fourth-order valence-corrected chi connectivity index (χ4v) is 2.18. The van der Waals surface area contributed by atoms with Crippen LogP contribution in [0, 0.1) is 0 Å². The van der Waals surface area contributed by atoms with Crippen molar-refractivity contribution < 1.29 is 4.74 Å². The van der Waals surface area contributed by atoms with E-state index >= 15 is 0 Å². The summed E-state index contributed by atoms with van der Waals surface area (Å²) in [7, 11) is 1.73. The average Bonchev–Trinajstić information content (AvgIpc) is 2.81. The molecule has 0 amide bonds. The van der Waals surface area contributed by atoms with Gasteiger partial charge in [-0.25, -0.2) is 0 Å². The van der Waals surface area contributed by atoms with Crippen LogP contribution in [0.3, 0.4) is 0 Å². The lowest BCUT2D eigenvalue weighted by atomic mass is 10.2. The summed E-state index contributed by atoms with van der Waals surface area (Å²) in [6.07, 6.45) is 3.22. The molecule has 0 aliphatic carbocycles. The van der Waals surface area contributed by atoms with Crippen LogP contribution in [0.5, 0.6) is 0 Å². The number of hydrogen-bond acceptors (Lipinski definition) is 3. The summed E-state index contributed by atoms with van der Waals surface area (Å²) in [4.78, 5) is 0. The van der Waals surface area contributed by atoms with Crippen molar-refractivity contribution in [2.75, 3.05) is 13.7 Å². The Balaban J connectivity index is 2.02. The maximum Gasteiger partial charge on any atom is 0.225 e. The number of halogens is 1. The van der Waals surface area contributed by atoms with Crippen molar-refractivity contribution in [3.63, 3.8) is 0 Å². The molecule has 1 heterocycles. The highest BCUT2D eigenvalue weighted by Gasteiger charge is 2.11. The van der Waals surface area contributed by atoms with Crippen molar-refractivity contribution in [3.8, 4) is 11.4 Å². The number of benzene rings is 1. The van der Waals surface area contributed by atoms with Gasteiger partial charge in [0, 0.05) is 25.8 Å². The minimum Gasteiger partial charge on any atom is -0.385 e. The lowest BCUT2D eigenvalue weighted by molar-refractivity contribution is 0.191. The van der Waals surface area contributed by atoms with Crippen LogP contribution in [0.4, 0.5) is 0 Å². The number of hydrogen-bond donors (Lipinski definition) is 0. The number of aromatic nitrogens is 3. The largest absolute Gasteiger partial charge is 0.385 e. The fraction of sp³-hybridized carbons (Fsp3) is 0.429. The van der Waals surface area contributed by atoms with Crippen LogP contribution < -0.4 is 0 Å². The van der Waals surface area contributed by atoms with Gasteiger partial charge in [-0.1, -0.05) is 30.3 Å². The molecule has 2 aromatic rings. The van der Waals surface area contributed by atoms with E-state index in [1.165, 1.54) is 0 Å². The van der Waals surface area contributed by atoms with E-state index in [9.17, 15) is 0 Å². The topological polar surface area (TPSA) is 39.9 Å². The molecule has 0 spiro atoms. The highest BCUT2D eigenvalue weighted by Crippen LogP contribution is 2.21. The van der Waals surface area contributed by atoms with Crippen LogP contribution in [-0.4, -0.2) is 28.5 Å². The second-order valence-corrected chi connectivity index (χ2v) is 4.70. The van der Waals surface area contributed by atoms with Crippen molar-refractivity contribution in [1.82, 2.24) is 14.8 Å². The molecule has 102 valence electrons. The lowest BCUT2D eigenvalue weighted by Crippen LogP contribution is -2.02. The molecule has 0 bridgehead atoms. The molecule has 0 saturated carbocycles. The Morgan fingerprint density at radius 3 is 2.63 bits per heavy atom. The van der Waals surface area contributed by atoms with Gasteiger partial charge in [0.2, 0.25) is 5.28 Å². The van der Waals surface area contributed by atoms with Gasteiger partial charge in [-0.2, -0.15) is 0 Å². The van der Waals surface area contributed by atoms with Crippen LogP contribution >= 0.6 is 11.6 Å². The van der Waals surface area contributed by atoms with Crippen LogP contribution in [-0.2, 0) is 11.3 Å². The number of ether oxygens (including phenoxy) is 1. The molecule has 0 unspecified atom stereocenters. The van der Waals surface area contributed by atoms with E-state index < -0.39 is 0 Å². The van der Waals surface area contributed by atoms with Crippen molar-refractivity contribution in [2.24, 2.45) is 0 Å². The van der Waals surface area contributed by atoms with E-state index in [1.54, 1.807) is 7.11 Å². The minimum absolute atomic E-state index is 0.450. The molecular weight excluding hydrogens is 262 g/mol. The van der Waals surface area contributed by atoms with E-state index in [-0.39, 0.29) is 0 Å². The first kappa shape index (κ1) is 14.0. The summed E-state index contributed by atoms with van der Waals surface area (Å²) in [6.45, 7) is 1.64. The Morgan fingerprint density at radius 1 is 1.11 bits per heavy atom. The quantitative estimate of drug-likeness (QED) is 0.729. The van der Waals surface area contributed by atoms with Crippen LogP contribution in [0.2, 0.25) is 5.28 Å². The molecule has 4 nitrogen and oxygen atoms in total. The number of unbranched alkanes of at least 4 members (excludes halogenated alkanes) is 2. The number of rotatable bonds is 7. The zero-order valence-corrected chi connectivity index (χ0v) is 11.8. The molecule has 0 aliphatic heterocycles. The smallest absolute Gasteiger partial charge is 0.225 e. The third-order valence-corrected chi connectivity index (χ3v) is 3.25. The van der Waals surface area contributed by atoms with Gasteiger partial charge in [-0.05, 0) is 30.9 Å². The summed E-state index contributed by atoms with van der Waals surface area (Å²) in [5, 5.41) is 8.57. The zero-order chi connectivity index (χ0) is 13.5. The van der Waals surface area contributed by atoms with Crippen molar-refractivity contribution >= 4 is 11.6 Å². The molecular formula is C14H18ClN3O. The molecule has 0 aliphatic rings. The molecule has 1 aromatic carbocycles. The highest BCUT2D eigenvalue weighted by atomic mass is 35.5. The van der Waals surface area contributed by atoms with Gasteiger partial charge in [0.15, 0.2) is 5.82 Å². The van der Waals surface area contributed by atoms with Crippen LogP contribution in [0.25, 0.3) is 11.4 Å². The molecule has 2 rings (SSSR count). The predicted molar refractivity (Wildman–Crippen MR) is 76.2 cm³/mol. The maximum atomic E-state index is 6.10. The second kappa shape index (κ2) is 7.26. The van der Waals surface area contributed by atoms with Crippen molar-refractivity contribution in [2.45, 2.75) is 25.8 Å². The van der Waals surface area contributed by atoms with E-state index in [4.69, 9.17) is 16.3 Å².